The number of aromatic nitrogens is 2. The topological polar surface area (TPSA) is 47.0 Å². The van der Waals surface area contributed by atoms with Crippen LogP contribution in [0.2, 0.25) is 5.15 Å². The summed E-state index contributed by atoms with van der Waals surface area (Å²) >= 11 is 5.65. The third-order valence-electron chi connectivity index (χ3n) is 3.01. The first kappa shape index (κ1) is 15.6. The van der Waals surface area contributed by atoms with Crippen molar-refractivity contribution < 1.29 is 4.74 Å². The zero-order valence-corrected chi connectivity index (χ0v) is 11.8. The van der Waals surface area contributed by atoms with Crippen LogP contribution in [-0.2, 0) is 11.3 Å². The molecule has 2 heterocycles. The second-order valence-electron chi connectivity index (χ2n) is 4.40. The van der Waals surface area contributed by atoms with Crippen molar-refractivity contribution >= 4 is 24.0 Å². The Morgan fingerprint density at radius 1 is 1.39 bits per heavy atom. The summed E-state index contributed by atoms with van der Waals surface area (Å²) in [6.07, 6.45) is 3.72. The standard InChI is InChI=1S/C12H18ClN3O.ClH/c13-12-4-3-11(15-16-12)9-17-7-5-10-2-1-6-14-8-10;/h3-4,10,14H,1-2,5-9H2;1H. The number of piperidine rings is 1. The van der Waals surface area contributed by atoms with Gasteiger partial charge in [0.15, 0.2) is 5.15 Å². The molecule has 2 rings (SSSR count). The highest BCUT2D eigenvalue weighted by Gasteiger charge is 2.12. The molecule has 0 bridgehead atoms. The van der Waals surface area contributed by atoms with Crippen molar-refractivity contribution in [2.24, 2.45) is 5.92 Å². The largest absolute Gasteiger partial charge is 0.375 e. The zero-order valence-electron chi connectivity index (χ0n) is 10.3. The number of rotatable bonds is 5. The maximum absolute atomic E-state index is 5.65. The molecule has 1 aliphatic heterocycles. The molecule has 0 saturated carbocycles. The van der Waals surface area contributed by atoms with Crippen molar-refractivity contribution in [3.63, 3.8) is 0 Å². The highest BCUT2D eigenvalue weighted by Crippen LogP contribution is 2.14. The molecule has 18 heavy (non-hydrogen) atoms. The molecule has 0 aliphatic carbocycles. The molecule has 1 saturated heterocycles. The van der Waals surface area contributed by atoms with E-state index in [1.54, 1.807) is 6.07 Å². The Morgan fingerprint density at radius 2 is 2.28 bits per heavy atom. The molecule has 1 fully saturated rings. The number of nitrogens with zero attached hydrogens (tertiary/aromatic N) is 2. The molecule has 6 heteroatoms. The first-order chi connectivity index (χ1) is 8.34. The van der Waals surface area contributed by atoms with Gasteiger partial charge in [-0.3, -0.25) is 0 Å². The van der Waals surface area contributed by atoms with Crippen molar-refractivity contribution in [1.82, 2.24) is 15.5 Å². The van der Waals surface area contributed by atoms with Crippen LogP contribution in [0.3, 0.4) is 0 Å². The Morgan fingerprint density at radius 3 is 2.94 bits per heavy atom. The van der Waals surface area contributed by atoms with Crippen LogP contribution in [0.5, 0.6) is 0 Å². The van der Waals surface area contributed by atoms with E-state index < -0.39 is 0 Å². The molecule has 0 radical (unpaired) electrons. The van der Waals surface area contributed by atoms with Crippen LogP contribution in [0.25, 0.3) is 0 Å². The lowest BCUT2D eigenvalue weighted by atomic mass is 9.97. The normalized spacial score (nSPS) is 19.3. The van der Waals surface area contributed by atoms with Gasteiger partial charge in [-0.05, 0) is 50.4 Å². The van der Waals surface area contributed by atoms with Gasteiger partial charge in [0.1, 0.15) is 0 Å². The summed E-state index contributed by atoms with van der Waals surface area (Å²) in [6.45, 7) is 3.60. The van der Waals surface area contributed by atoms with Gasteiger partial charge in [0.05, 0.1) is 12.3 Å². The zero-order chi connectivity index (χ0) is 11.9. The second kappa shape index (κ2) is 8.64. The van der Waals surface area contributed by atoms with E-state index >= 15 is 0 Å². The quantitative estimate of drug-likeness (QED) is 0.847. The number of ether oxygens (including phenoxy) is 1. The van der Waals surface area contributed by atoms with Crippen molar-refractivity contribution in [3.8, 4) is 0 Å². The highest BCUT2D eigenvalue weighted by atomic mass is 35.5. The van der Waals surface area contributed by atoms with Crippen LogP contribution in [0.4, 0.5) is 0 Å². The minimum absolute atomic E-state index is 0. The number of halogens is 2. The maximum atomic E-state index is 5.65. The summed E-state index contributed by atoms with van der Waals surface area (Å²) in [4.78, 5) is 0. The Bertz CT molecular complexity index is 329. The third-order valence-corrected chi connectivity index (χ3v) is 3.21. The summed E-state index contributed by atoms with van der Waals surface area (Å²) in [5.74, 6) is 0.764. The second-order valence-corrected chi connectivity index (χ2v) is 4.79. The molecule has 1 N–H and O–H groups in total. The molecule has 1 atom stereocenters. The molecular formula is C12H19Cl2N3O. The summed E-state index contributed by atoms with van der Waals surface area (Å²) in [7, 11) is 0. The minimum atomic E-state index is 0. The molecule has 1 unspecified atom stereocenters. The molecule has 4 nitrogen and oxygen atoms in total. The van der Waals surface area contributed by atoms with Crippen LogP contribution >= 0.6 is 24.0 Å². The van der Waals surface area contributed by atoms with E-state index in [0.29, 0.717) is 11.8 Å². The van der Waals surface area contributed by atoms with Crippen LogP contribution in [-0.4, -0.2) is 29.9 Å². The van der Waals surface area contributed by atoms with E-state index in [1.165, 1.54) is 12.8 Å². The first-order valence-electron chi connectivity index (χ1n) is 6.11. The van der Waals surface area contributed by atoms with Gasteiger partial charge in [-0.15, -0.1) is 17.5 Å². The molecule has 1 aliphatic rings. The molecule has 0 amide bonds. The molecule has 102 valence electrons. The van der Waals surface area contributed by atoms with Crippen molar-refractivity contribution in [2.75, 3.05) is 19.7 Å². The van der Waals surface area contributed by atoms with E-state index in [0.717, 1.165) is 37.7 Å². The molecule has 1 aromatic heterocycles. The Balaban J connectivity index is 0.00000162. The summed E-state index contributed by atoms with van der Waals surface area (Å²) in [5, 5.41) is 11.5. The van der Waals surface area contributed by atoms with Crippen molar-refractivity contribution in [3.05, 3.63) is 23.0 Å². The monoisotopic (exact) mass is 291 g/mol. The average Bonchev–Trinajstić information content (AvgIpc) is 2.38. The fourth-order valence-electron chi connectivity index (χ4n) is 2.02. The third kappa shape index (κ3) is 5.48. The highest BCUT2D eigenvalue weighted by molar-refractivity contribution is 6.29. The van der Waals surface area contributed by atoms with E-state index in [4.69, 9.17) is 16.3 Å². The lowest BCUT2D eigenvalue weighted by Gasteiger charge is -2.22. The molecule has 1 aromatic rings. The lowest BCUT2D eigenvalue weighted by Crippen LogP contribution is -2.30. The van der Waals surface area contributed by atoms with Gasteiger partial charge in [-0.2, -0.15) is 5.10 Å². The van der Waals surface area contributed by atoms with E-state index in [1.807, 2.05) is 6.07 Å². The van der Waals surface area contributed by atoms with Gasteiger partial charge >= 0.3 is 0 Å². The molecular weight excluding hydrogens is 273 g/mol. The fourth-order valence-corrected chi connectivity index (χ4v) is 2.12. The Labute approximate surface area is 119 Å². The van der Waals surface area contributed by atoms with Gasteiger partial charge < -0.3 is 10.1 Å². The Kier molecular flexibility index (Phi) is 7.51. The van der Waals surface area contributed by atoms with Gasteiger partial charge in [0.2, 0.25) is 0 Å². The summed E-state index contributed by atoms with van der Waals surface area (Å²) in [6, 6.07) is 3.58. The number of hydrogen-bond donors (Lipinski definition) is 1. The predicted octanol–water partition coefficient (Wildman–Crippen LogP) is 2.46. The summed E-state index contributed by atoms with van der Waals surface area (Å²) in [5.41, 5.74) is 0.830. The SMILES string of the molecule is Cl.Clc1ccc(COCCC2CCCNC2)nn1. The fraction of sp³-hybridized carbons (Fsp3) is 0.667. The summed E-state index contributed by atoms with van der Waals surface area (Å²) < 4.78 is 5.59. The minimum Gasteiger partial charge on any atom is -0.375 e. The van der Waals surface area contributed by atoms with E-state index in [2.05, 4.69) is 15.5 Å². The first-order valence-corrected chi connectivity index (χ1v) is 6.49. The lowest BCUT2D eigenvalue weighted by molar-refractivity contribution is 0.101. The Hall–Kier alpha value is -0.420. The van der Waals surface area contributed by atoms with Crippen LogP contribution in [0, 0.1) is 5.92 Å². The predicted molar refractivity (Wildman–Crippen MR) is 74.2 cm³/mol. The van der Waals surface area contributed by atoms with Crippen LogP contribution in [0.15, 0.2) is 12.1 Å². The van der Waals surface area contributed by atoms with Crippen molar-refractivity contribution in [1.29, 1.82) is 0 Å². The van der Waals surface area contributed by atoms with Gasteiger partial charge in [0, 0.05) is 6.61 Å². The van der Waals surface area contributed by atoms with Crippen LogP contribution < -0.4 is 5.32 Å². The maximum Gasteiger partial charge on any atom is 0.151 e. The van der Waals surface area contributed by atoms with Crippen molar-refractivity contribution in [2.45, 2.75) is 25.9 Å². The van der Waals surface area contributed by atoms with E-state index in [-0.39, 0.29) is 12.4 Å². The molecule has 0 aromatic carbocycles. The molecule has 0 spiro atoms. The van der Waals surface area contributed by atoms with Gasteiger partial charge in [0.25, 0.3) is 0 Å². The van der Waals surface area contributed by atoms with Gasteiger partial charge in [-0.25, -0.2) is 0 Å². The van der Waals surface area contributed by atoms with Gasteiger partial charge in [-0.1, -0.05) is 11.6 Å². The average molecular weight is 292 g/mol. The number of nitrogens with one attached hydrogen (secondary N) is 1. The number of hydrogen-bond acceptors (Lipinski definition) is 4. The smallest absolute Gasteiger partial charge is 0.151 e. The van der Waals surface area contributed by atoms with Crippen LogP contribution in [0.1, 0.15) is 25.0 Å². The van der Waals surface area contributed by atoms with E-state index in [9.17, 15) is 0 Å².